The van der Waals surface area contributed by atoms with Gasteiger partial charge in [-0.2, -0.15) is 0 Å². The Morgan fingerprint density at radius 2 is 1.68 bits per heavy atom. The zero-order valence-corrected chi connectivity index (χ0v) is 12.5. The monoisotopic (exact) mass is 298 g/mol. The summed E-state index contributed by atoms with van der Waals surface area (Å²) >= 11 is 12.2. The van der Waals surface area contributed by atoms with Crippen LogP contribution in [0.1, 0.15) is 50.1 Å². The van der Waals surface area contributed by atoms with Gasteiger partial charge in [-0.25, -0.2) is 5.43 Å². The van der Waals surface area contributed by atoms with E-state index in [-0.39, 0.29) is 6.04 Å². The van der Waals surface area contributed by atoms with Crippen molar-refractivity contribution in [3.05, 3.63) is 45.5 Å². The first kappa shape index (κ1) is 14.9. The molecule has 0 radical (unpaired) electrons. The zero-order chi connectivity index (χ0) is 13.7. The van der Waals surface area contributed by atoms with Gasteiger partial charge in [-0.15, -0.1) is 0 Å². The van der Waals surface area contributed by atoms with Crippen LogP contribution in [0.25, 0.3) is 0 Å². The number of halogens is 2. The second-order valence-electron chi connectivity index (χ2n) is 5.03. The molecule has 1 atom stereocenters. The van der Waals surface area contributed by atoms with Gasteiger partial charge in [0.25, 0.3) is 0 Å². The maximum Gasteiger partial charge on any atom is 0.0671 e. The van der Waals surface area contributed by atoms with Gasteiger partial charge in [0.15, 0.2) is 0 Å². The third-order valence-corrected chi connectivity index (χ3v) is 4.02. The Kier molecular flexibility index (Phi) is 5.71. The minimum absolute atomic E-state index is 0.00861. The van der Waals surface area contributed by atoms with Crippen LogP contribution < -0.4 is 11.3 Å². The minimum atomic E-state index is 0.00861. The van der Waals surface area contributed by atoms with Crippen LogP contribution in [0.3, 0.4) is 0 Å². The van der Waals surface area contributed by atoms with Gasteiger partial charge in [-0.05, 0) is 49.4 Å². The molecule has 1 aromatic carbocycles. The van der Waals surface area contributed by atoms with Crippen molar-refractivity contribution in [2.75, 3.05) is 0 Å². The lowest BCUT2D eigenvalue weighted by atomic mass is 9.91. The highest BCUT2D eigenvalue weighted by Gasteiger charge is 2.16. The molecule has 0 bridgehead atoms. The highest BCUT2D eigenvalue weighted by atomic mass is 35.5. The predicted octanol–water partition coefficient (Wildman–Crippen LogP) is 4.78. The van der Waals surface area contributed by atoms with Crippen LogP contribution >= 0.6 is 23.2 Å². The van der Waals surface area contributed by atoms with E-state index in [2.05, 4.69) is 11.5 Å². The number of rotatable bonds is 3. The molecule has 4 heteroatoms. The molecule has 0 saturated heterocycles. The summed E-state index contributed by atoms with van der Waals surface area (Å²) in [7, 11) is 0. The first-order valence-electron chi connectivity index (χ1n) is 6.82. The second kappa shape index (κ2) is 7.30. The maximum absolute atomic E-state index is 6.08. The molecule has 0 aliphatic heterocycles. The van der Waals surface area contributed by atoms with Crippen LogP contribution in [0.4, 0.5) is 0 Å². The quantitative estimate of drug-likeness (QED) is 0.479. The molecule has 19 heavy (non-hydrogen) atoms. The van der Waals surface area contributed by atoms with Gasteiger partial charge in [0.1, 0.15) is 0 Å². The van der Waals surface area contributed by atoms with Gasteiger partial charge in [0.2, 0.25) is 0 Å². The summed E-state index contributed by atoms with van der Waals surface area (Å²) in [5, 5.41) is 1.29. The Morgan fingerprint density at radius 1 is 1.00 bits per heavy atom. The first-order chi connectivity index (χ1) is 9.20. The van der Waals surface area contributed by atoms with Crippen LogP contribution in [0, 0.1) is 0 Å². The summed E-state index contributed by atoms with van der Waals surface area (Å²) in [5.41, 5.74) is 5.29. The van der Waals surface area contributed by atoms with Gasteiger partial charge in [-0.1, -0.05) is 47.7 Å². The van der Waals surface area contributed by atoms with E-state index in [0.717, 1.165) is 18.4 Å². The summed E-state index contributed by atoms with van der Waals surface area (Å²) in [6.45, 7) is 0. The summed E-state index contributed by atoms with van der Waals surface area (Å²) in [6, 6.07) is 5.61. The molecule has 0 spiro atoms. The van der Waals surface area contributed by atoms with Crippen LogP contribution in [0.15, 0.2) is 29.8 Å². The smallest absolute Gasteiger partial charge is 0.0671 e. The fraction of sp³-hybridized carbons (Fsp3) is 0.467. The number of hydrogen-bond donors (Lipinski definition) is 2. The van der Waals surface area contributed by atoms with E-state index in [1.807, 2.05) is 12.1 Å². The summed E-state index contributed by atoms with van der Waals surface area (Å²) in [6.07, 6.45) is 9.63. The molecule has 0 heterocycles. The number of hydrazine groups is 1. The van der Waals surface area contributed by atoms with Crippen molar-refractivity contribution < 1.29 is 0 Å². The average Bonchev–Trinajstić information content (AvgIpc) is 2.31. The Labute approximate surface area is 124 Å². The molecule has 1 aliphatic rings. The molecule has 3 N–H and O–H groups in total. The fourth-order valence-corrected chi connectivity index (χ4v) is 3.18. The molecular weight excluding hydrogens is 279 g/mol. The van der Waals surface area contributed by atoms with Crippen molar-refractivity contribution in [2.45, 2.75) is 44.6 Å². The van der Waals surface area contributed by atoms with Crippen LogP contribution in [-0.2, 0) is 0 Å². The molecule has 1 aromatic rings. The Hall–Kier alpha value is -0.540. The Morgan fingerprint density at radius 3 is 2.37 bits per heavy atom. The standard InChI is InChI=1S/C15H20Cl2N2/c16-13-8-12(9-14(17)10-13)15(19-18)11-6-4-2-1-3-5-7-11/h6,8-10,15,19H,1-5,7,18H2/b11-6+. The van der Waals surface area contributed by atoms with Crippen molar-refractivity contribution in [3.8, 4) is 0 Å². The molecule has 0 saturated carbocycles. The van der Waals surface area contributed by atoms with Gasteiger partial charge in [-0.3, -0.25) is 5.84 Å². The lowest BCUT2D eigenvalue weighted by molar-refractivity contribution is 0.555. The van der Waals surface area contributed by atoms with E-state index >= 15 is 0 Å². The second-order valence-corrected chi connectivity index (χ2v) is 5.91. The maximum atomic E-state index is 6.08. The van der Waals surface area contributed by atoms with E-state index in [1.165, 1.54) is 31.3 Å². The van der Waals surface area contributed by atoms with Crippen LogP contribution in [0.5, 0.6) is 0 Å². The van der Waals surface area contributed by atoms with Crippen molar-refractivity contribution in [1.82, 2.24) is 5.43 Å². The van der Waals surface area contributed by atoms with Gasteiger partial charge in [0, 0.05) is 10.0 Å². The Bertz CT molecular complexity index is 437. The molecule has 0 amide bonds. The zero-order valence-electron chi connectivity index (χ0n) is 11.0. The number of allylic oxidation sites excluding steroid dienone is 1. The largest absolute Gasteiger partial charge is 0.271 e. The molecule has 2 rings (SSSR count). The Balaban J connectivity index is 2.26. The normalized spacial score (nSPS) is 21.1. The number of hydrogen-bond acceptors (Lipinski definition) is 2. The van der Waals surface area contributed by atoms with E-state index in [4.69, 9.17) is 29.0 Å². The topological polar surface area (TPSA) is 38.0 Å². The highest BCUT2D eigenvalue weighted by molar-refractivity contribution is 6.34. The SMILES string of the molecule is NNC(/C1=C/CCCCCC1)c1cc(Cl)cc(Cl)c1. The van der Waals surface area contributed by atoms with E-state index < -0.39 is 0 Å². The lowest BCUT2D eigenvalue weighted by Crippen LogP contribution is -2.29. The molecule has 1 unspecified atom stereocenters. The summed E-state index contributed by atoms with van der Waals surface area (Å²) < 4.78 is 0. The fourth-order valence-electron chi connectivity index (χ4n) is 2.64. The molecule has 0 fully saturated rings. The summed E-state index contributed by atoms with van der Waals surface area (Å²) in [4.78, 5) is 0. The lowest BCUT2D eigenvalue weighted by Gasteiger charge is -2.22. The van der Waals surface area contributed by atoms with Gasteiger partial charge < -0.3 is 0 Å². The third-order valence-electron chi connectivity index (χ3n) is 3.58. The van der Waals surface area contributed by atoms with Gasteiger partial charge >= 0.3 is 0 Å². The average molecular weight is 299 g/mol. The molecule has 0 aromatic heterocycles. The highest BCUT2D eigenvalue weighted by Crippen LogP contribution is 2.31. The molecule has 2 nitrogen and oxygen atoms in total. The van der Waals surface area contributed by atoms with Crippen molar-refractivity contribution in [3.63, 3.8) is 0 Å². The van der Waals surface area contributed by atoms with E-state index in [1.54, 1.807) is 6.07 Å². The van der Waals surface area contributed by atoms with Gasteiger partial charge in [0.05, 0.1) is 6.04 Å². The van der Waals surface area contributed by atoms with Crippen LogP contribution in [-0.4, -0.2) is 0 Å². The number of benzene rings is 1. The van der Waals surface area contributed by atoms with Crippen molar-refractivity contribution >= 4 is 23.2 Å². The van der Waals surface area contributed by atoms with Crippen LogP contribution in [0.2, 0.25) is 10.0 Å². The van der Waals surface area contributed by atoms with E-state index in [0.29, 0.717) is 10.0 Å². The third kappa shape index (κ3) is 4.22. The van der Waals surface area contributed by atoms with Crippen molar-refractivity contribution in [2.24, 2.45) is 5.84 Å². The molecular formula is C15H20Cl2N2. The minimum Gasteiger partial charge on any atom is -0.271 e. The van der Waals surface area contributed by atoms with E-state index in [9.17, 15) is 0 Å². The molecule has 1 aliphatic carbocycles. The number of nitrogens with one attached hydrogen (secondary N) is 1. The first-order valence-corrected chi connectivity index (χ1v) is 7.57. The summed E-state index contributed by atoms with van der Waals surface area (Å²) in [5.74, 6) is 5.75. The van der Waals surface area contributed by atoms with Crippen molar-refractivity contribution in [1.29, 1.82) is 0 Å². The molecule has 104 valence electrons. The predicted molar refractivity (Wildman–Crippen MR) is 82.3 cm³/mol. The number of nitrogens with two attached hydrogens (primary N) is 1.